The van der Waals surface area contributed by atoms with Crippen molar-refractivity contribution >= 4 is 5.97 Å². The first-order valence-electron chi connectivity index (χ1n) is 7.46. The van der Waals surface area contributed by atoms with Crippen LogP contribution in [0.4, 0.5) is 0 Å². The number of carbonyl (C=O) groups is 1. The molecule has 2 atom stereocenters. The van der Waals surface area contributed by atoms with Crippen molar-refractivity contribution in [3.05, 3.63) is 40.3 Å². The van der Waals surface area contributed by atoms with E-state index in [1.54, 1.807) is 18.2 Å². The first kappa shape index (κ1) is 16.0. The number of ether oxygens (including phenoxy) is 2. The van der Waals surface area contributed by atoms with Crippen LogP contribution >= 0.6 is 0 Å². The molecule has 0 amide bonds. The molecule has 24 heavy (non-hydrogen) atoms. The van der Waals surface area contributed by atoms with Crippen LogP contribution in [0.25, 0.3) is 5.69 Å². The molecule has 0 saturated carbocycles. The van der Waals surface area contributed by atoms with Crippen LogP contribution in [0, 0.1) is 12.3 Å². The minimum absolute atomic E-state index is 0.318. The van der Waals surface area contributed by atoms with Crippen LogP contribution in [0.1, 0.15) is 29.2 Å². The van der Waals surface area contributed by atoms with Crippen LogP contribution in [0.5, 0.6) is 0 Å². The van der Waals surface area contributed by atoms with E-state index >= 15 is 0 Å². The summed E-state index contributed by atoms with van der Waals surface area (Å²) in [6, 6.07) is 6.05. The molecule has 1 saturated heterocycles. The minimum atomic E-state index is -0.511. The summed E-state index contributed by atoms with van der Waals surface area (Å²) in [5, 5.41) is 7.83. The highest BCUT2D eigenvalue weighted by Gasteiger charge is 2.29. The van der Waals surface area contributed by atoms with E-state index in [1.807, 2.05) is 0 Å². The number of methoxy groups -OCH3 is 1. The molecule has 8 heteroatoms. The molecule has 8 nitrogen and oxygen atoms in total. The third kappa shape index (κ3) is 2.81. The predicted octanol–water partition coefficient (Wildman–Crippen LogP) is 0.569. The van der Waals surface area contributed by atoms with Crippen molar-refractivity contribution in [1.29, 1.82) is 0 Å². The molecule has 2 heterocycles. The summed E-state index contributed by atoms with van der Waals surface area (Å²) in [6.07, 6.45) is 6.44. The van der Waals surface area contributed by atoms with Crippen LogP contribution < -0.4 is 5.69 Å². The van der Waals surface area contributed by atoms with Gasteiger partial charge < -0.3 is 9.47 Å². The molecule has 1 aromatic heterocycles. The Balaban J connectivity index is 1.97. The number of terminal acetylenes is 1. The van der Waals surface area contributed by atoms with Crippen molar-refractivity contribution in [2.45, 2.75) is 25.0 Å². The van der Waals surface area contributed by atoms with Crippen molar-refractivity contribution in [3.63, 3.8) is 0 Å². The predicted molar refractivity (Wildman–Crippen MR) is 83.8 cm³/mol. The minimum Gasteiger partial charge on any atom is -0.465 e. The maximum atomic E-state index is 12.6. The Morgan fingerprint density at radius 3 is 3.04 bits per heavy atom. The normalized spacial score (nSPS) is 20.3. The van der Waals surface area contributed by atoms with Crippen molar-refractivity contribution in [3.8, 4) is 18.0 Å². The zero-order valence-electron chi connectivity index (χ0n) is 13.1. The number of benzene rings is 1. The van der Waals surface area contributed by atoms with Gasteiger partial charge in [-0.1, -0.05) is 12.0 Å². The van der Waals surface area contributed by atoms with Gasteiger partial charge in [-0.25, -0.2) is 9.59 Å². The second kappa shape index (κ2) is 6.68. The SMILES string of the molecule is C#C[C@@H]1OCCC[C@H]1n1nnn(-c2cccc(C(=O)OC)c2)c1=O. The summed E-state index contributed by atoms with van der Waals surface area (Å²) in [7, 11) is 1.29. The van der Waals surface area contributed by atoms with Gasteiger partial charge in [0.05, 0.1) is 24.4 Å². The second-order valence-corrected chi connectivity index (χ2v) is 5.33. The van der Waals surface area contributed by atoms with Crippen molar-refractivity contribution in [1.82, 2.24) is 19.8 Å². The second-order valence-electron chi connectivity index (χ2n) is 5.33. The largest absolute Gasteiger partial charge is 0.465 e. The number of nitrogens with zero attached hydrogens (tertiary/aromatic N) is 4. The van der Waals surface area contributed by atoms with Gasteiger partial charge >= 0.3 is 11.7 Å². The fraction of sp³-hybridized carbons (Fsp3) is 0.375. The van der Waals surface area contributed by atoms with Gasteiger partial charge in [-0.2, -0.15) is 9.36 Å². The van der Waals surface area contributed by atoms with Gasteiger partial charge in [-0.3, -0.25) is 0 Å². The summed E-state index contributed by atoms with van der Waals surface area (Å²) in [5.74, 6) is 2.05. The number of aromatic nitrogens is 4. The molecule has 1 fully saturated rings. The molecule has 0 aliphatic carbocycles. The van der Waals surface area contributed by atoms with E-state index in [2.05, 4.69) is 21.1 Å². The maximum absolute atomic E-state index is 12.6. The average molecular weight is 328 g/mol. The summed E-state index contributed by atoms with van der Waals surface area (Å²) in [4.78, 5) is 24.3. The van der Waals surface area contributed by atoms with Crippen molar-refractivity contribution in [2.75, 3.05) is 13.7 Å². The summed E-state index contributed by atoms with van der Waals surface area (Å²) < 4.78 is 12.5. The van der Waals surface area contributed by atoms with Crippen LogP contribution in [0.3, 0.4) is 0 Å². The standard InChI is InChI=1S/C16H16N4O4/c1-3-14-13(8-5-9-24-14)20-16(22)19(17-18-20)12-7-4-6-11(10-12)15(21)23-2/h1,4,6-7,10,13-14H,5,8-9H2,2H3/t13-,14+/m1/s1. The topological polar surface area (TPSA) is 88.2 Å². The van der Waals surface area contributed by atoms with Gasteiger partial charge in [0.1, 0.15) is 6.10 Å². The Hall–Kier alpha value is -2.92. The van der Waals surface area contributed by atoms with Gasteiger partial charge in [0.2, 0.25) is 0 Å². The lowest BCUT2D eigenvalue weighted by Gasteiger charge is -2.26. The first-order chi connectivity index (χ1) is 11.7. The molecule has 0 radical (unpaired) electrons. The average Bonchev–Trinajstić information content (AvgIpc) is 3.02. The highest BCUT2D eigenvalue weighted by atomic mass is 16.5. The maximum Gasteiger partial charge on any atom is 0.368 e. The molecule has 1 aliphatic rings. The van der Waals surface area contributed by atoms with E-state index in [-0.39, 0.29) is 6.04 Å². The third-order valence-electron chi connectivity index (χ3n) is 3.88. The van der Waals surface area contributed by atoms with Crippen LogP contribution in [0.2, 0.25) is 0 Å². The lowest BCUT2D eigenvalue weighted by Crippen LogP contribution is -2.37. The number of tetrazole rings is 1. The van der Waals surface area contributed by atoms with Crippen LogP contribution in [-0.2, 0) is 9.47 Å². The lowest BCUT2D eigenvalue weighted by molar-refractivity contribution is 0.00915. The van der Waals surface area contributed by atoms with Gasteiger partial charge in [-0.15, -0.1) is 6.42 Å². The lowest BCUT2D eigenvalue weighted by atomic mass is 10.0. The van der Waals surface area contributed by atoms with Crippen molar-refractivity contribution in [2.24, 2.45) is 0 Å². The summed E-state index contributed by atoms with van der Waals surface area (Å²) in [5.41, 5.74) is 0.301. The number of hydrogen-bond donors (Lipinski definition) is 0. The van der Waals surface area contributed by atoms with E-state index < -0.39 is 17.8 Å². The van der Waals surface area contributed by atoms with E-state index in [1.165, 1.54) is 17.9 Å². The van der Waals surface area contributed by atoms with E-state index in [0.29, 0.717) is 24.3 Å². The van der Waals surface area contributed by atoms with E-state index in [4.69, 9.17) is 11.2 Å². The first-order valence-corrected chi connectivity index (χ1v) is 7.46. The van der Waals surface area contributed by atoms with Gasteiger partial charge in [-0.05, 0) is 41.5 Å². The van der Waals surface area contributed by atoms with Crippen molar-refractivity contribution < 1.29 is 14.3 Å². The molecule has 0 unspecified atom stereocenters. The zero-order valence-corrected chi connectivity index (χ0v) is 13.1. The Morgan fingerprint density at radius 2 is 2.29 bits per heavy atom. The Kier molecular flexibility index (Phi) is 4.44. The molecule has 2 aromatic rings. The van der Waals surface area contributed by atoms with Gasteiger partial charge in [0.15, 0.2) is 0 Å². The summed E-state index contributed by atoms with van der Waals surface area (Å²) >= 11 is 0. The monoisotopic (exact) mass is 328 g/mol. The Labute approximate surface area is 138 Å². The third-order valence-corrected chi connectivity index (χ3v) is 3.88. The number of hydrogen-bond acceptors (Lipinski definition) is 6. The van der Waals surface area contributed by atoms with Crippen LogP contribution in [0.15, 0.2) is 29.1 Å². The molecule has 0 spiro atoms. The Morgan fingerprint density at radius 1 is 1.46 bits per heavy atom. The number of esters is 1. The molecular weight excluding hydrogens is 312 g/mol. The summed E-state index contributed by atoms with van der Waals surface area (Å²) in [6.45, 7) is 0.565. The molecule has 0 bridgehead atoms. The zero-order chi connectivity index (χ0) is 17.1. The van der Waals surface area contributed by atoms with E-state index in [9.17, 15) is 9.59 Å². The Bertz CT molecular complexity index is 848. The number of carbonyl (C=O) groups excluding carboxylic acids is 1. The molecule has 0 N–H and O–H groups in total. The van der Waals surface area contributed by atoms with Crippen LogP contribution in [-0.4, -0.2) is 45.6 Å². The molecule has 124 valence electrons. The molecule has 1 aromatic carbocycles. The fourth-order valence-corrected chi connectivity index (χ4v) is 2.68. The van der Waals surface area contributed by atoms with E-state index in [0.717, 1.165) is 11.1 Å². The van der Waals surface area contributed by atoms with Gasteiger partial charge in [0.25, 0.3) is 0 Å². The highest BCUT2D eigenvalue weighted by Crippen LogP contribution is 2.23. The number of rotatable bonds is 3. The molecular formula is C16H16N4O4. The smallest absolute Gasteiger partial charge is 0.368 e. The quantitative estimate of drug-likeness (QED) is 0.604. The molecule has 1 aliphatic heterocycles. The fourth-order valence-electron chi connectivity index (χ4n) is 2.68. The molecule has 3 rings (SSSR count). The highest BCUT2D eigenvalue weighted by molar-refractivity contribution is 5.89. The van der Waals surface area contributed by atoms with Gasteiger partial charge in [0, 0.05) is 6.61 Å².